The molecule has 1 aliphatic rings. The molecule has 1 saturated heterocycles. The van der Waals surface area contributed by atoms with Crippen molar-refractivity contribution in [3.8, 4) is 0 Å². The van der Waals surface area contributed by atoms with Crippen molar-refractivity contribution < 1.29 is 24.1 Å². The predicted molar refractivity (Wildman–Crippen MR) is 94.6 cm³/mol. The monoisotopic (exact) mass is 359 g/mol. The predicted octanol–water partition coefficient (Wildman–Crippen LogP) is 2.33. The number of rotatable bonds is 6. The summed E-state index contributed by atoms with van der Waals surface area (Å²) in [7, 11) is 0. The van der Waals surface area contributed by atoms with Crippen molar-refractivity contribution in [2.45, 2.75) is 18.6 Å². The van der Waals surface area contributed by atoms with Crippen LogP contribution in [-0.4, -0.2) is 53.0 Å². The van der Waals surface area contributed by atoms with E-state index in [4.69, 9.17) is 4.74 Å². The summed E-state index contributed by atoms with van der Waals surface area (Å²) in [4.78, 5) is 13.5. The van der Waals surface area contributed by atoms with Crippen LogP contribution in [0.2, 0.25) is 0 Å². The quantitative estimate of drug-likeness (QED) is 0.828. The molecule has 1 atom stereocenters. The normalized spacial score (nSPS) is 20.8. The highest BCUT2D eigenvalue weighted by Gasteiger charge is 2.36. The molecule has 0 bridgehead atoms. The largest absolute Gasteiger partial charge is 0.478 e. The average Bonchev–Trinajstić information content (AvgIpc) is 2.64. The number of benzene rings is 2. The third kappa shape index (κ3) is 4.27. The second-order valence-electron chi connectivity index (χ2n) is 6.67. The Labute approximate surface area is 151 Å². The Kier molecular flexibility index (Phi) is 5.66. The summed E-state index contributed by atoms with van der Waals surface area (Å²) in [6, 6.07) is 13.1. The fourth-order valence-electron chi connectivity index (χ4n) is 3.40. The van der Waals surface area contributed by atoms with Gasteiger partial charge in [0, 0.05) is 26.1 Å². The molecule has 0 aliphatic carbocycles. The van der Waals surface area contributed by atoms with Gasteiger partial charge in [0.25, 0.3) is 0 Å². The van der Waals surface area contributed by atoms with Crippen molar-refractivity contribution in [1.29, 1.82) is 0 Å². The molecule has 0 amide bonds. The summed E-state index contributed by atoms with van der Waals surface area (Å²) in [5.74, 6) is -1.25. The Morgan fingerprint density at radius 2 is 1.92 bits per heavy atom. The molecule has 2 N–H and O–H groups in total. The van der Waals surface area contributed by atoms with Gasteiger partial charge in [0.2, 0.25) is 0 Å². The standard InChI is InChI=1S/C20H22FNO4/c21-17-7-5-15(6-8-17)11-20(14-23)13-22(9-10-26-20)12-16-3-1-2-4-18(16)19(24)25/h1-8,23H,9-14H2,(H,24,25)/t20-/m1/s1. The first-order valence-corrected chi connectivity index (χ1v) is 8.54. The molecule has 0 aromatic heterocycles. The Bertz CT molecular complexity index is 765. The molecule has 3 rings (SSSR count). The maximum absolute atomic E-state index is 13.1. The first-order valence-electron chi connectivity index (χ1n) is 8.54. The molecule has 26 heavy (non-hydrogen) atoms. The van der Waals surface area contributed by atoms with Gasteiger partial charge in [0.05, 0.1) is 18.8 Å². The topological polar surface area (TPSA) is 70.0 Å². The van der Waals surface area contributed by atoms with Gasteiger partial charge in [-0.15, -0.1) is 0 Å². The van der Waals surface area contributed by atoms with Crippen LogP contribution >= 0.6 is 0 Å². The van der Waals surface area contributed by atoms with Crippen molar-refractivity contribution >= 4 is 5.97 Å². The number of morpholine rings is 1. The minimum absolute atomic E-state index is 0.165. The highest BCUT2D eigenvalue weighted by atomic mass is 19.1. The van der Waals surface area contributed by atoms with Crippen molar-refractivity contribution in [2.24, 2.45) is 0 Å². The van der Waals surface area contributed by atoms with Gasteiger partial charge < -0.3 is 14.9 Å². The minimum Gasteiger partial charge on any atom is -0.478 e. The zero-order valence-electron chi connectivity index (χ0n) is 14.4. The van der Waals surface area contributed by atoms with Crippen LogP contribution in [0.15, 0.2) is 48.5 Å². The SMILES string of the molecule is O=C(O)c1ccccc1CN1CCO[C@](CO)(Cc2ccc(F)cc2)C1. The molecule has 138 valence electrons. The first kappa shape index (κ1) is 18.5. The number of nitrogens with zero attached hydrogens (tertiary/aromatic N) is 1. The zero-order chi connectivity index (χ0) is 18.6. The number of ether oxygens (including phenoxy) is 1. The van der Waals surface area contributed by atoms with Crippen LogP contribution in [-0.2, 0) is 17.7 Å². The van der Waals surface area contributed by atoms with E-state index in [0.29, 0.717) is 32.7 Å². The second-order valence-corrected chi connectivity index (χ2v) is 6.67. The summed E-state index contributed by atoms with van der Waals surface area (Å²) in [6.07, 6.45) is 0.459. The highest BCUT2D eigenvalue weighted by molar-refractivity contribution is 5.89. The van der Waals surface area contributed by atoms with Crippen LogP contribution in [0.3, 0.4) is 0 Å². The number of carbonyl (C=O) groups is 1. The number of hydrogen-bond acceptors (Lipinski definition) is 4. The molecule has 1 heterocycles. The number of carboxylic acids is 1. The molecule has 2 aromatic rings. The summed E-state index contributed by atoms with van der Waals surface area (Å²) >= 11 is 0. The lowest BCUT2D eigenvalue weighted by atomic mass is 9.92. The number of hydrogen-bond donors (Lipinski definition) is 2. The molecular formula is C20H22FNO4. The second kappa shape index (κ2) is 7.95. The summed E-state index contributed by atoms with van der Waals surface area (Å²) < 4.78 is 19.0. The van der Waals surface area contributed by atoms with Crippen LogP contribution in [0.5, 0.6) is 0 Å². The number of aromatic carboxylic acids is 1. The van der Waals surface area contributed by atoms with Gasteiger partial charge >= 0.3 is 5.97 Å². The maximum atomic E-state index is 13.1. The first-order chi connectivity index (χ1) is 12.5. The van der Waals surface area contributed by atoms with E-state index in [-0.39, 0.29) is 18.0 Å². The molecule has 6 heteroatoms. The number of carboxylic acid groups (broad SMARTS) is 1. The van der Waals surface area contributed by atoms with Gasteiger partial charge in [0.1, 0.15) is 11.4 Å². The van der Waals surface area contributed by atoms with Crippen LogP contribution in [0.25, 0.3) is 0 Å². The van der Waals surface area contributed by atoms with Crippen molar-refractivity contribution in [2.75, 3.05) is 26.3 Å². The fourth-order valence-corrected chi connectivity index (χ4v) is 3.40. The van der Waals surface area contributed by atoms with Gasteiger partial charge in [-0.1, -0.05) is 30.3 Å². The minimum atomic E-state index is -0.950. The summed E-state index contributed by atoms with van der Waals surface area (Å²) in [6.45, 7) is 1.86. The number of aliphatic hydroxyl groups is 1. The van der Waals surface area contributed by atoms with Gasteiger partial charge in [-0.25, -0.2) is 9.18 Å². The lowest BCUT2D eigenvalue weighted by molar-refractivity contribution is -0.134. The lowest BCUT2D eigenvalue weighted by Gasteiger charge is -2.42. The van der Waals surface area contributed by atoms with Crippen LogP contribution in [0.4, 0.5) is 4.39 Å². The van der Waals surface area contributed by atoms with Crippen molar-refractivity contribution in [3.05, 3.63) is 71.0 Å². The Balaban J connectivity index is 1.75. The summed E-state index contributed by atoms with van der Waals surface area (Å²) in [5, 5.41) is 19.3. The van der Waals surface area contributed by atoms with E-state index in [2.05, 4.69) is 4.90 Å². The zero-order valence-corrected chi connectivity index (χ0v) is 14.4. The van der Waals surface area contributed by atoms with E-state index in [9.17, 15) is 19.4 Å². The molecule has 0 unspecified atom stereocenters. The van der Waals surface area contributed by atoms with Gasteiger partial charge in [-0.05, 0) is 29.3 Å². The molecule has 2 aromatic carbocycles. The third-order valence-corrected chi connectivity index (χ3v) is 4.70. The molecule has 0 radical (unpaired) electrons. The Hall–Kier alpha value is -2.28. The molecule has 0 spiro atoms. The molecule has 1 aliphatic heterocycles. The van der Waals surface area contributed by atoms with Crippen molar-refractivity contribution in [3.63, 3.8) is 0 Å². The maximum Gasteiger partial charge on any atom is 0.336 e. The van der Waals surface area contributed by atoms with Gasteiger partial charge in [-0.2, -0.15) is 0 Å². The molecule has 5 nitrogen and oxygen atoms in total. The van der Waals surface area contributed by atoms with E-state index in [1.807, 2.05) is 6.07 Å². The van der Waals surface area contributed by atoms with Crippen LogP contribution < -0.4 is 0 Å². The number of aliphatic hydroxyl groups excluding tert-OH is 1. The third-order valence-electron chi connectivity index (χ3n) is 4.70. The number of halogens is 1. The van der Waals surface area contributed by atoms with E-state index < -0.39 is 11.6 Å². The van der Waals surface area contributed by atoms with E-state index in [1.54, 1.807) is 30.3 Å². The van der Waals surface area contributed by atoms with E-state index >= 15 is 0 Å². The van der Waals surface area contributed by atoms with Crippen LogP contribution in [0.1, 0.15) is 21.5 Å². The van der Waals surface area contributed by atoms with E-state index in [0.717, 1.165) is 11.1 Å². The molecular weight excluding hydrogens is 337 g/mol. The summed E-state index contributed by atoms with van der Waals surface area (Å²) in [5.41, 5.74) is 1.12. The van der Waals surface area contributed by atoms with E-state index in [1.165, 1.54) is 12.1 Å². The van der Waals surface area contributed by atoms with Crippen molar-refractivity contribution in [1.82, 2.24) is 4.90 Å². The van der Waals surface area contributed by atoms with Gasteiger partial charge in [0.15, 0.2) is 0 Å². The average molecular weight is 359 g/mol. The highest BCUT2D eigenvalue weighted by Crippen LogP contribution is 2.25. The fraction of sp³-hybridized carbons (Fsp3) is 0.350. The Morgan fingerprint density at radius 1 is 1.19 bits per heavy atom. The Morgan fingerprint density at radius 3 is 2.62 bits per heavy atom. The molecule has 0 saturated carbocycles. The smallest absolute Gasteiger partial charge is 0.336 e. The van der Waals surface area contributed by atoms with Crippen LogP contribution in [0, 0.1) is 5.82 Å². The van der Waals surface area contributed by atoms with Gasteiger partial charge in [-0.3, -0.25) is 4.90 Å². The molecule has 1 fully saturated rings. The lowest BCUT2D eigenvalue weighted by Crippen LogP contribution is -2.55.